The molecule has 1 aliphatic carbocycles. The van der Waals surface area contributed by atoms with E-state index in [0.717, 1.165) is 23.4 Å². The molecule has 29 heavy (non-hydrogen) atoms. The normalized spacial score (nSPS) is 24.3. The van der Waals surface area contributed by atoms with Crippen molar-refractivity contribution in [1.29, 1.82) is 0 Å². The molecule has 0 saturated carbocycles. The molecule has 1 atom stereocenters. The average Bonchev–Trinajstić information content (AvgIpc) is 2.66. The Morgan fingerprint density at radius 2 is 1.97 bits per heavy atom. The van der Waals surface area contributed by atoms with Gasteiger partial charge >= 0.3 is 0 Å². The fourth-order valence-corrected chi connectivity index (χ4v) is 4.69. The lowest BCUT2D eigenvalue weighted by atomic mass is 9.68. The third-order valence-corrected chi connectivity index (χ3v) is 5.97. The lowest BCUT2D eigenvalue weighted by Gasteiger charge is -2.41. The highest BCUT2D eigenvalue weighted by Crippen LogP contribution is 2.47. The van der Waals surface area contributed by atoms with Gasteiger partial charge in [0.2, 0.25) is 0 Å². The van der Waals surface area contributed by atoms with Crippen LogP contribution in [0.15, 0.2) is 46.8 Å². The number of nitrogens with zero attached hydrogens (tertiary/aromatic N) is 1. The lowest BCUT2D eigenvalue weighted by molar-refractivity contribution is -0.131. The lowest BCUT2D eigenvalue weighted by Crippen LogP contribution is -2.45. The number of phenolic OH excluding ortho intramolecular Hbond substituents is 1. The van der Waals surface area contributed by atoms with Crippen LogP contribution in [0.3, 0.4) is 0 Å². The molecule has 1 amide bonds. The number of rotatable bonds is 2. The topological polar surface area (TPSA) is 78.9 Å². The van der Waals surface area contributed by atoms with Crippen molar-refractivity contribution < 1.29 is 19.4 Å². The SMILES string of the molecule is CC1=C(C(=O)N2CCOCC2)[C@H](c2cccc(O)c2)C2=C(CC(C)(C)CC2=O)N1. The smallest absolute Gasteiger partial charge is 0.252 e. The van der Waals surface area contributed by atoms with E-state index in [2.05, 4.69) is 19.2 Å². The van der Waals surface area contributed by atoms with Crippen LogP contribution in [0.25, 0.3) is 0 Å². The molecule has 2 heterocycles. The quantitative estimate of drug-likeness (QED) is 0.804. The molecule has 1 aromatic carbocycles. The average molecular weight is 396 g/mol. The van der Waals surface area contributed by atoms with Crippen LogP contribution < -0.4 is 5.32 Å². The number of ketones is 1. The molecule has 1 fully saturated rings. The Kier molecular flexibility index (Phi) is 4.99. The minimum Gasteiger partial charge on any atom is -0.508 e. The van der Waals surface area contributed by atoms with Crippen molar-refractivity contribution in [3.05, 3.63) is 52.4 Å². The van der Waals surface area contributed by atoms with Crippen LogP contribution in [0.4, 0.5) is 0 Å². The van der Waals surface area contributed by atoms with E-state index < -0.39 is 5.92 Å². The number of amides is 1. The number of morpholine rings is 1. The maximum absolute atomic E-state index is 13.5. The van der Waals surface area contributed by atoms with Gasteiger partial charge in [0, 0.05) is 48.0 Å². The van der Waals surface area contributed by atoms with Crippen molar-refractivity contribution in [2.75, 3.05) is 26.3 Å². The molecule has 1 aromatic rings. The predicted octanol–water partition coefficient (Wildman–Crippen LogP) is 2.86. The highest BCUT2D eigenvalue weighted by molar-refractivity contribution is 6.05. The molecular formula is C23H28N2O4. The van der Waals surface area contributed by atoms with Crippen molar-refractivity contribution in [1.82, 2.24) is 10.2 Å². The summed E-state index contributed by atoms with van der Waals surface area (Å²) in [5.41, 5.74) is 3.57. The van der Waals surface area contributed by atoms with Crippen LogP contribution in [0.2, 0.25) is 0 Å². The molecule has 0 bridgehead atoms. The summed E-state index contributed by atoms with van der Waals surface area (Å²) in [4.78, 5) is 28.5. The summed E-state index contributed by atoms with van der Waals surface area (Å²) in [6.07, 6.45) is 1.20. The van der Waals surface area contributed by atoms with Crippen LogP contribution in [0, 0.1) is 5.41 Å². The molecule has 154 valence electrons. The van der Waals surface area contributed by atoms with Gasteiger partial charge in [-0.25, -0.2) is 0 Å². The zero-order valence-corrected chi connectivity index (χ0v) is 17.2. The van der Waals surface area contributed by atoms with E-state index in [1.165, 1.54) is 0 Å². The second kappa shape index (κ2) is 7.34. The second-order valence-electron chi connectivity index (χ2n) is 8.93. The third-order valence-electron chi connectivity index (χ3n) is 5.97. The van der Waals surface area contributed by atoms with E-state index in [1.807, 2.05) is 13.0 Å². The molecule has 0 aromatic heterocycles. The summed E-state index contributed by atoms with van der Waals surface area (Å²) in [6, 6.07) is 6.91. The van der Waals surface area contributed by atoms with Crippen LogP contribution in [0.1, 0.15) is 45.1 Å². The predicted molar refractivity (Wildman–Crippen MR) is 109 cm³/mol. The largest absolute Gasteiger partial charge is 0.508 e. The molecular weight excluding hydrogens is 368 g/mol. The molecule has 6 nitrogen and oxygen atoms in total. The van der Waals surface area contributed by atoms with Gasteiger partial charge in [-0.1, -0.05) is 26.0 Å². The highest BCUT2D eigenvalue weighted by Gasteiger charge is 2.43. The van der Waals surface area contributed by atoms with Crippen LogP contribution in [-0.4, -0.2) is 48.0 Å². The van der Waals surface area contributed by atoms with Crippen molar-refractivity contribution >= 4 is 11.7 Å². The van der Waals surface area contributed by atoms with E-state index in [9.17, 15) is 14.7 Å². The number of dihydropyridines is 1. The molecule has 6 heteroatoms. The molecule has 0 spiro atoms. The van der Waals surface area contributed by atoms with E-state index in [-0.39, 0.29) is 22.9 Å². The first-order chi connectivity index (χ1) is 13.8. The van der Waals surface area contributed by atoms with Crippen LogP contribution >= 0.6 is 0 Å². The number of phenols is 1. The van der Waals surface area contributed by atoms with Gasteiger partial charge < -0.3 is 20.1 Å². The number of carbonyl (C=O) groups excluding carboxylic acids is 2. The number of benzene rings is 1. The number of hydrogen-bond donors (Lipinski definition) is 2. The maximum Gasteiger partial charge on any atom is 0.252 e. The number of ether oxygens (including phenoxy) is 1. The number of nitrogens with one attached hydrogen (secondary N) is 1. The van der Waals surface area contributed by atoms with E-state index >= 15 is 0 Å². The summed E-state index contributed by atoms with van der Waals surface area (Å²) in [7, 11) is 0. The Labute approximate surface area is 171 Å². The van der Waals surface area contributed by atoms with Crippen molar-refractivity contribution in [2.24, 2.45) is 5.41 Å². The van der Waals surface area contributed by atoms with Crippen LogP contribution in [0.5, 0.6) is 5.75 Å². The van der Waals surface area contributed by atoms with Gasteiger partial charge in [-0.3, -0.25) is 9.59 Å². The summed E-state index contributed by atoms with van der Waals surface area (Å²) >= 11 is 0. The first-order valence-corrected chi connectivity index (χ1v) is 10.2. The molecule has 2 N–H and O–H groups in total. The summed E-state index contributed by atoms with van der Waals surface area (Å²) in [5, 5.41) is 13.5. The molecule has 0 unspecified atom stereocenters. The third kappa shape index (κ3) is 3.69. The molecule has 2 aliphatic heterocycles. The fourth-order valence-electron chi connectivity index (χ4n) is 4.69. The molecule has 3 aliphatic rings. The number of Topliss-reactive ketones (excluding diaryl/α,β-unsaturated/α-hetero) is 1. The van der Waals surface area contributed by atoms with Gasteiger partial charge in [0.15, 0.2) is 5.78 Å². The van der Waals surface area contributed by atoms with Gasteiger partial charge in [-0.15, -0.1) is 0 Å². The molecule has 1 saturated heterocycles. The first-order valence-electron chi connectivity index (χ1n) is 10.2. The van der Waals surface area contributed by atoms with E-state index in [0.29, 0.717) is 43.9 Å². The monoisotopic (exact) mass is 396 g/mol. The first kappa shape index (κ1) is 19.7. The Hall–Kier alpha value is -2.60. The number of hydrogen-bond acceptors (Lipinski definition) is 5. The van der Waals surface area contributed by atoms with Gasteiger partial charge in [-0.2, -0.15) is 0 Å². The minimum absolute atomic E-state index is 0.0665. The highest BCUT2D eigenvalue weighted by atomic mass is 16.5. The Bertz CT molecular complexity index is 923. The zero-order valence-electron chi connectivity index (χ0n) is 17.2. The van der Waals surface area contributed by atoms with Crippen molar-refractivity contribution in [3.63, 3.8) is 0 Å². The standard InChI is InChI=1S/C23H28N2O4/c1-14-19(22(28)25-7-9-29-10-8-25)20(15-5-4-6-16(26)11-15)21-17(24-14)12-23(2,3)13-18(21)27/h4-6,11,20,24,26H,7-10,12-13H2,1-3H3/t20-/m0/s1. The van der Waals surface area contributed by atoms with Gasteiger partial charge in [0.25, 0.3) is 5.91 Å². The van der Waals surface area contributed by atoms with Gasteiger partial charge in [-0.05, 0) is 36.5 Å². The summed E-state index contributed by atoms with van der Waals surface area (Å²) in [5.74, 6) is -0.354. The number of carbonyl (C=O) groups is 2. The fraction of sp³-hybridized carbons (Fsp3) is 0.478. The van der Waals surface area contributed by atoms with Crippen molar-refractivity contribution in [2.45, 2.75) is 39.5 Å². The van der Waals surface area contributed by atoms with E-state index in [1.54, 1.807) is 23.1 Å². The Morgan fingerprint density at radius 3 is 2.66 bits per heavy atom. The zero-order chi connectivity index (χ0) is 20.8. The van der Waals surface area contributed by atoms with Gasteiger partial charge in [0.1, 0.15) is 5.75 Å². The Balaban J connectivity index is 1.83. The molecule has 4 rings (SSSR count). The maximum atomic E-state index is 13.5. The number of aromatic hydroxyl groups is 1. The van der Waals surface area contributed by atoms with Gasteiger partial charge in [0.05, 0.1) is 13.2 Å². The van der Waals surface area contributed by atoms with Crippen LogP contribution in [-0.2, 0) is 14.3 Å². The Morgan fingerprint density at radius 1 is 1.24 bits per heavy atom. The van der Waals surface area contributed by atoms with Crippen molar-refractivity contribution in [3.8, 4) is 5.75 Å². The summed E-state index contributed by atoms with van der Waals surface area (Å²) < 4.78 is 5.40. The summed E-state index contributed by atoms with van der Waals surface area (Å²) in [6.45, 7) is 8.19. The molecule has 0 radical (unpaired) electrons. The number of allylic oxidation sites excluding steroid dienone is 3. The van der Waals surface area contributed by atoms with E-state index in [4.69, 9.17) is 4.74 Å². The second-order valence-corrected chi connectivity index (χ2v) is 8.93. The minimum atomic E-state index is -0.475.